The molecule has 4 nitrogen and oxygen atoms in total. The van der Waals surface area contributed by atoms with Gasteiger partial charge >= 0.3 is 0 Å². The number of carbonyl (C=O) groups excluding carboxylic acids is 1. The number of carbonyl (C=O) groups is 1. The Morgan fingerprint density at radius 1 is 1.25 bits per heavy atom. The van der Waals surface area contributed by atoms with E-state index in [0.717, 1.165) is 43.7 Å². The van der Waals surface area contributed by atoms with Crippen molar-refractivity contribution in [3.8, 4) is 0 Å². The third kappa shape index (κ3) is 3.14. The predicted octanol–water partition coefficient (Wildman–Crippen LogP) is 1.22. The number of benzene rings is 1. The van der Waals surface area contributed by atoms with Crippen molar-refractivity contribution in [3.05, 3.63) is 30.3 Å². The minimum atomic E-state index is 0. The minimum Gasteiger partial charge on any atom is -0.316 e. The summed E-state index contributed by atoms with van der Waals surface area (Å²) in [6.45, 7) is 4.89. The van der Waals surface area contributed by atoms with Crippen molar-refractivity contribution in [2.45, 2.75) is 0 Å². The summed E-state index contributed by atoms with van der Waals surface area (Å²) in [6.07, 6.45) is 0. The van der Waals surface area contributed by atoms with Crippen LogP contribution in [-0.2, 0) is 4.79 Å². The van der Waals surface area contributed by atoms with E-state index in [1.54, 1.807) is 4.90 Å². The molecule has 0 bridgehead atoms. The molecule has 2 atom stereocenters. The van der Waals surface area contributed by atoms with Gasteiger partial charge in [-0.15, -0.1) is 12.4 Å². The zero-order valence-electron chi connectivity index (χ0n) is 11.8. The van der Waals surface area contributed by atoms with Gasteiger partial charge in [0.15, 0.2) is 0 Å². The maximum atomic E-state index is 12.3. The molecule has 2 aliphatic rings. The number of hydrogen-bond acceptors (Lipinski definition) is 3. The van der Waals surface area contributed by atoms with Crippen LogP contribution in [0.25, 0.3) is 0 Å². The first-order valence-electron chi connectivity index (χ1n) is 6.98. The third-order valence-corrected chi connectivity index (χ3v) is 4.34. The number of halogens is 1. The number of nitrogens with zero attached hydrogens (tertiary/aromatic N) is 2. The maximum absolute atomic E-state index is 12.3. The van der Waals surface area contributed by atoms with Gasteiger partial charge in [-0.05, 0) is 37.1 Å². The van der Waals surface area contributed by atoms with Crippen LogP contribution in [0.2, 0.25) is 0 Å². The Balaban J connectivity index is 0.00000147. The number of hydrogen-bond donors (Lipinski definition) is 1. The molecule has 1 N–H and O–H groups in total. The van der Waals surface area contributed by atoms with Crippen molar-refractivity contribution in [1.82, 2.24) is 10.2 Å². The van der Waals surface area contributed by atoms with Crippen molar-refractivity contribution in [2.24, 2.45) is 11.8 Å². The molecule has 3 rings (SSSR count). The normalized spacial score (nSPS) is 25.1. The van der Waals surface area contributed by atoms with Crippen molar-refractivity contribution < 1.29 is 4.79 Å². The molecule has 0 aliphatic carbocycles. The molecule has 0 saturated carbocycles. The maximum Gasteiger partial charge on any atom is 0.240 e. The van der Waals surface area contributed by atoms with E-state index in [1.807, 2.05) is 37.4 Å². The van der Waals surface area contributed by atoms with Crippen LogP contribution in [0.5, 0.6) is 0 Å². The van der Waals surface area contributed by atoms with Crippen LogP contribution in [0.15, 0.2) is 30.3 Å². The summed E-state index contributed by atoms with van der Waals surface area (Å²) in [4.78, 5) is 16.3. The molecule has 0 spiro atoms. The molecule has 2 heterocycles. The standard InChI is InChI=1S/C15H21N3O.ClH/c1-17(14-5-3-2-4-6-14)15(19)11-18-9-12-7-16-8-13(12)10-18;/h2-6,12-13,16H,7-11H2,1H3;1H/t12-,13+;. The molecule has 0 unspecified atom stereocenters. The lowest BCUT2D eigenvalue weighted by Crippen LogP contribution is -2.38. The van der Waals surface area contributed by atoms with E-state index in [-0.39, 0.29) is 18.3 Å². The van der Waals surface area contributed by atoms with Crippen molar-refractivity contribution in [3.63, 3.8) is 0 Å². The van der Waals surface area contributed by atoms with Crippen LogP contribution in [0, 0.1) is 11.8 Å². The van der Waals surface area contributed by atoms with Crippen LogP contribution in [0.1, 0.15) is 0 Å². The van der Waals surface area contributed by atoms with Crippen molar-refractivity contribution >= 4 is 24.0 Å². The van der Waals surface area contributed by atoms with E-state index >= 15 is 0 Å². The predicted molar refractivity (Wildman–Crippen MR) is 83.4 cm³/mol. The smallest absolute Gasteiger partial charge is 0.240 e. The molecule has 2 fully saturated rings. The van der Waals surface area contributed by atoms with Crippen molar-refractivity contribution in [2.75, 3.05) is 44.7 Å². The summed E-state index contributed by atoms with van der Waals surface area (Å²) in [5.74, 6) is 1.67. The molecule has 0 aromatic heterocycles. The Morgan fingerprint density at radius 3 is 2.45 bits per heavy atom. The highest BCUT2D eigenvalue weighted by molar-refractivity contribution is 5.94. The quantitative estimate of drug-likeness (QED) is 0.911. The van der Waals surface area contributed by atoms with E-state index in [9.17, 15) is 4.79 Å². The molecule has 2 aliphatic heterocycles. The van der Waals surface area contributed by atoms with Crippen molar-refractivity contribution in [1.29, 1.82) is 0 Å². The van der Waals surface area contributed by atoms with E-state index < -0.39 is 0 Å². The second-order valence-corrected chi connectivity index (χ2v) is 5.66. The van der Waals surface area contributed by atoms with E-state index in [1.165, 1.54) is 0 Å². The zero-order chi connectivity index (χ0) is 13.2. The van der Waals surface area contributed by atoms with Gasteiger partial charge in [0.2, 0.25) is 5.91 Å². The first-order valence-corrected chi connectivity index (χ1v) is 6.98. The molecule has 0 radical (unpaired) electrons. The molecule has 1 amide bonds. The van der Waals surface area contributed by atoms with Gasteiger partial charge in [-0.3, -0.25) is 9.69 Å². The van der Waals surface area contributed by atoms with Gasteiger partial charge in [-0.2, -0.15) is 0 Å². The Kier molecular flexibility index (Phi) is 5.02. The van der Waals surface area contributed by atoms with Crippen LogP contribution >= 0.6 is 12.4 Å². The first kappa shape index (κ1) is 15.3. The summed E-state index contributed by atoms with van der Waals surface area (Å²) in [6, 6.07) is 9.84. The van der Waals surface area contributed by atoms with Gasteiger partial charge in [0.05, 0.1) is 6.54 Å². The highest BCUT2D eigenvalue weighted by Gasteiger charge is 2.36. The van der Waals surface area contributed by atoms with Gasteiger partial charge in [-0.1, -0.05) is 18.2 Å². The zero-order valence-corrected chi connectivity index (χ0v) is 12.6. The Labute approximate surface area is 126 Å². The lowest BCUT2D eigenvalue weighted by Gasteiger charge is -2.22. The van der Waals surface area contributed by atoms with Gasteiger partial charge in [-0.25, -0.2) is 0 Å². The molecule has 2 saturated heterocycles. The van der Waals surface area contributed by atoms with Gasteiger partial charge in [0.25, 0.3) is 0 Å². The van der Waals surface area contributed by atoms with E-state index in [2.05, 4.69) is 10.2 Å². The molecular formula is C15H22ClN3O. The van der Waals surface area contributed by atoms with Crippen LogP contribution in [0.3, 0.4) is 0 Å². The van der Waals surface area contributed by atoms with Crippen LogP contribution < -0.4 is 10.2 Å². The Hall–Kier alpha value is -1.10. The number of fused-ring (bicyclic) bond motifs is 1. The van der Waals surface area contributed by atoms with Gasteiger partial charge < -0.3 is 10.2 Å². The topological polar surface area (TPSA) is 35.6 Å². The Bertz CT molecular complexity index is 442. The fraction of sp³-hybridized carbons (Fsp3) is 0.533. The highest BCUT2D eigenvalue weighted by atomic mass is 35.5. The van der Waals surface area contributed by atoms with Crippen LogP contribution in [-0.4, -0.2) is 50.6 Å². The fourth-order valence-electron chi connectivity index (χ4n) is 3.17. The lowest BCUT2D eigenvalue weighted by molar-refractivity contribution is -0.119. The molecule has 1 aromatic carbocycles. The summed E-state index contributed by atoms with van der Waals surface area (Å²) in [7, 11) is 1.86. The fourth-order valence-corrected chi connectivity index (χ4v) is 3.17. The number of nitrogens with one attached hydrogen (secondary N) is 1. The number of amides is 1. The second kappa shape index (κ2) is 6.57. The number of likely N-dealkylation sites (N-methyl/N-ethyl adjacent to an activating group) is 1. The lowest BCUT2D eigenvalue weighted by atomic mass is 10.0. The number of anilines is 1. The number of rotatable bonds is 3. The monoisotopic (exact) mass is 295 g/mol. The summed E-state index contributed by atoms with van der Waals surface area (Å²) in [5.41, 5.74) is 0.966. The molecule has 5 heteroatoms. The number of likely N-dealkylation sites (tertiary alicyclic amines) is 1. The van der Waals surface area contributed by atoms with Gasteiger partial charge in [0.1, 0.15) is 0 Å². The summed E-state index contributed by atoms with van der Waals surface area (Å²) in [5, 5.41) is 3.42. The SMILES string of the molecule is CN(C(=O)CN1C[C@H]2CNC[C@H]2C1)c1ccccc1.Cl. The van der Waals surface area contributed by atoms with E-state index in [0.29, 0.717) is 6.54 Å². The Morgan fingerprint density at radius 2 is 1.85 bits per heavy atom. The largest absolute Gasteiger partial charge is 0.316 e. The third-order valence-electron chi connectivity index (χ3n) is 4.34. The first-order chi connectivity index (χ1) is 9.24. The molecular weight excluding hydrogens is 274 g/mol. The average Bonchev–Trinajstić information content (AvgIpc) is 2.99. The van der Waals surface area contributed by atoms with E-state index in [4.69, 9.17) is 0 Å². The minimum absolute atomic E-state index is 0. The second-order valence-electron chi connectivity index (χ2n) is 5.66. The molecule has 1 aromatic rings. The average molecular weight is 296 g/mol. The molecule has 110 valence electrons. The summed E-state index contributed by atoms with van der Waals surface area (Å²) < 4.78 is 0. The van der Waals surface area contributed by atoms with Crippen LogP contribution in [0.4, 0.5) is 5.69 Å². The summed E-state index contributed by atoms with van der Waals surface area (Å²) >= 11 is 0. The number of para-hydroxylation sites is 1. The molecule has 20 heavy (non-hydrogen) atoms. The highest BCUT2D eigenvalue weighted by Crippen LogP contribution is 2.26. The van der Waals surface area contributed by atoms with Gasteiger partial charge in [0, 0.05) is 25.8 Å².